The van der Waals surface area contributed by atoms with E-state index in [1.807, 2.05) is 69.5 Å². The van der Waals surface area contributed by atoms with Gasteiger partial charge in [-0.3, -0.25) is 4.79 Å². The van der Waals surface area contributed by atoms with Crippen molar-refractivity contribution < 1.29 is 9.53 Å². The Kier molecular flexibility index (Phi) is 5.91. The summed E-state index contributed by atoms with van der Waals surface area (Å²) < 4.78 is 7.44. The molecule has 0 atom stereocenters. The second-order valence-corrected chi connectivity index (χ2v) is 7.91. The van der Waals surface area contributed by atoms with Crippen LogP contribution in [0.15, 0.2) is 41.8 Å². The summed E-state index contributed by atoms with van der Waals surface area (Å²) in [6, 6.07) is 11.9. The third-order valence-corrected chi connectivity index (χ3v) is 4.53. The van der Waals surface area contributed by atoms with Crippen molar-refractivity contribution in [1.82, 2.24) is 14.8 Å². The summed E-state index contributed by atoms with van der Waals surface area (Å²) in [5.74, 6) is 1.08. The van der Waals surface area contributed by atoms with E-state index < -0.39 is 0 Å². The van der Waals surface area contributed by atoms with E-state index in [1.54, 1.807) is 16.0 Å². The first-order chi connectivity index (χ1) is 12.9. The Morgan fingerprint density at radius 3 is 2.52 bits per heavy atom. The first-order valence-corrected chi connectivity index (χ1v) is 9.88. The van der Waals surface area contributed by atoms with Crippen molar-refractivity contribution >= 4 is 22.9 Å². The lowest BCUT2D eigenvalue weighted by atomic mass is 10.1. The fraction of sp³-hybridized carbons (Fsp3) is 0.350. The molecule has 142 valence electrons. The van der Waals surface area contributed by atoms with E-state index in [4.69, 9.17) is 4.74 Å². The quantitative estimate of drug-likeness (QED) is 0.637. The van der Waals surface area contributed by atoms with Gasteiger partial charge in [0, 0.05) is 12.1 Å². The summed E-state index contributed by atoms with van der Waals surface area (Å²) in [6.07, 6.45) is 0.499. The Hall–Kier alpha value is -2.67. The number of carbonyl (C=O) groups excluding carboxylic acids is 1. The minimum absolute atomic E-state index is 0.00409. The molecule has 3 rings (SSSR count). The third kappa shape index (κ3) is 4.95. The van der Waals surface area contributed by atoms with Crippen molar-refractivity contribution in [3.8, 4) is 22.4 Å². The maximum absolute atomic E-state index is 11.9. The van der Waals surface area contributed by atoms with Crippen molar-refractivity contribution in [3.63, 3.8) is 0 Å². The lowest BCUT2D eigenvalue weighted by Crippen LogP contribution is -2.13. The van der Waals surface area contributed by atoms with Crippen molar-refractivity contribution in [1.29, 1.82) is 0 Å². The Balaban J connectivity index is 1.87. The smallest absolute Gasteiger partial charge is 0.336 e. The van der Waals surface area contributed by atoms with Crippen LogP contribution in [0.25, 0.3) is 16.4 Å². The zero-order chi connectivity index (χ0) is 19.4. The predicted molar refractivity (Wildman–Crippen MR) is 109 cm³/mol. The molecule has 1 N–H and O–H groups in total. The van der Waals surface area contributed by atoms with Crippen LogP contribution < -0.4 is 10.1 Å². The number of hydrogen-bond donors (Lipinski definition) is 1. The van der Waals surface area contributed by atoms with Gasteiger partial charge in [0.2, 0.25) is 5.91 Å². The first kappa shape index (κ1) is 19.1. The largest absolute Gasteiger partial charge is 0.460 e. The number of carbonyl (C=O) groups is 1. The zero-order valence-corrected chi connectivity index (χ0v) is 16.8. The summed E-state index contributed by atoms with van der Waals surface area (Å²) >= 11 is 1.60. The molecule has 0 saturated heterocycles. The molecule has 2 aromatic heterocycles. The lowest BCUT2D eigenvalue weighted by Gasteiger charge is -2.09. The molecule has 0 saturated carbocycles. The van der Waals surface area contributed by atoms with Gasteiger partial charge in [-0.1, -0.05) is 19.9 Å². The van der Waals surface area contributed by atoms with E-state index in [2.05, 4.69) is 15.4 Å². The van der Waals surface area contributed by atoms with Crippen LogP contribution in [0.5, 0.6) is 6.01 Å². The second kappa shape index (κ2) is 8.35. The van der Waals surface area contributed by atoms with Crippen molar-refractivity contribution in [2.75, 3.05) is 5.32 Å². The number of aromatic nitrogens is 3. The summed E-state index contributed by atoms with van der Waals surface area (Å²) in [6.45, 7) is 7.94. The maximum atomic E-state index is 11.9. The molecule has 0 spiro atoms. The molecular weight excluding hydrogens is 360 g/mol. The molecule has 0 aliphatic rings. The Morgan fingerprint density at radius 2 is 1.93 bits per heavy atom. The molecule has 1 aromatic carbocycles. The van der Waals surface area contributed by atoms with Crippen LogP contribution in [0.4, 0.5) is 5.69 Å². The zero-order valence-electron chi connectivity index (χ0n) is 16.0. The highest BCUT2D eigenvalue weighted by Crippen LogP contribution is 2.28. The van der Waals surface area contributed by atoms with Crippen LogP contribution in [-0.4, -0.2) is 26.8 Å². The molecular formula is C20H24N4O2S. The van der Waals surface area contributed by atoms with E-state index in [9.17, 15) is 4.79 Å². The average molecular weight is 385 g/mol. The Morgan fingerprint density at radius 1 is 1.19 bits per heavy atom. The van der Waals surface area contributed by atoms with E-state index in [0.717, 1.165) is 22.1 Å². The van der Waals surface area contributed by atoms with Crippen LogP contribution in [0.3, 0.4) is 0 Å². The molecule has 1 amide bonds. The average Bonchev–Trinajstić information content (AvgIpc) is 3.23. The van der Waals surface area contributed by atoms with Gasteiger partial charge in [-0.15, -0.1) is 16.4 Å². The topological polar surface area (TPSA) is 69.0 Å². The van der Waals surface area contributed by atoms with Gasteiger partial charge in [-0.25, -0.2) is 4.68 Å². The van der Waals surface area contributed by atoms with Gasteiger partial charge in [0.05, 0.1) is 16.7 Å². The number of nitrogens with one attached hydrogen (secondary N) is 1. The fourth-order valence-electron chi connectivity index (χ4n) is 2.57. The second-order valence-electron chi connectivity index (χ2n) is 6.97. The standard InChI is InChI=1S/C20H24N4O2S/c1-13(2)12-18(25)21-15-7-9-16(10-8-15)24-19(17-6-5-11-27-17)22-20(23-24)26-14(3)4/h5-11,13-14H,12H2,1-4H3,(H,21,25). The highest BCUT2D eigenvalue weighted by molar-refractivity contribution is 7.13. The van der Waals surface area contributed by atoms with Crippen LogP contribution in [0, 0.1) is 5.92 Å². The molecule has 6 nitrogen and oxygen atoms in total. The van der Waals surface area contributed by atoms with E-state index >= 15 is 0 Å². The minimum Gasteiger partial charge on any atom is -0.460 e. The van der Waals surface area contributed by atoms with Gasteiger partial charge >= 0.3 is 6.01 Å². The van der Waals surface area contributed by atoms with Crippen LogP contribution in [0.1, 0.15) is 34.1 Å². The van der Waals surface area contributed by atoms with Gasteiger partial charge in [0.15, 0.2) is 5.82 Å². The summed E-state index contributed by atoms with van der Waals surface area (Å²) in [4.78, 5) is 17.5. The van der Waals surface area contributed by atoms with Crippen molar-refractivity contribution in [2.24, 2.45) is 5.92 Å². The number of benzene rings is 1. The van der Waals surface area contributed by atoms with Gasteiger partial charge in [0.25, 0.3) is 0 Å². The van der Waals surface area contributed by atoms with E-state index in [0.29, 0.717) is 18.3 Å². The number of rotatable bonds is 7. The number of thiophene rings is 1. The molecule has 0 bridgehead atoms. The molecule has 7 heteroatoms. The molecule has 0 fully saturated rings. The van der Waals surface area contributed by atoms with E-state index in [1.165, 1.54) is 0 Å². The monoisotopic (exact) mass is 384 g/mol. The van der Waals surface area contributed by atoms with Gasteiger partial charge < -0.3 is 10.1 Å². The number of ether oxygens (including phenoxy) is 1. The SMILES string of the molecule is CC(C)CC(=O)Nc1ccc(-n2nc(OC(C)C)nc2-c2cccs2)cc1. The third-order valence-electron chi connectivity index (χ3n) is 3.66. The number of nitrogens with zero attached hydrogens (tertiary/aromatic N) is 3. The minimum atomic E-state index is -0.00409. The molecule has 0 aliphatic carbocycles. The predicted octanol–water partition coefficient (Wildman–Crippen LogP) is 4.77. The van der Waals surface area contributed by atoms with Crippen molar-refractivity contribution in [3.05, 3.63) is 41.8 Å². The molecule has 3 aromatic rings. The van der Waals surface area contributed by atoms with E-state index in [-0.39, 0.29) is 12.0 Å². The normalized spacial score (nSPS) is 11.2. The van der Waals surface area contributed by atoms with Crippen LogP contribution in [-0.2, 0) is 4.79 Å². The lowest BCUT2D eigenvalue weighted by molar-refractivity contribution is -0.116. The highest BCUT2D eigenvalue weighted by atomic mass is 32.1. The molecule has 0 radical (unpaired) electrons. The molecule has 27 heavy (non-hydrogen) atoms. The highest BCUT2D eigenvalue weighted by Gasteiger charge is 2.16. The number of anilines is 1. The number of hydrogen-bond acceptors (Lipinski definition) is 5. The summed E-state index contributed by atoms with van der Waals surface area (Å²) in [5, 5.41) is 9.43. The number of amides is 1. The van der Waals surface area contributed by atoms with Crippen LogP contribution in [0.2, 0.25) is 0 Å². The van der Waals surface area contributed by atoms with Gasteiger partial charge in [0.1, 0.15) is 0 Å². The fourth-order valence-corrected chi connectivity index (χ4v) is 3.27. The van der Waals surface area contributed by atoms with Crippen LogP contribution >= 0.6 is 11.3 Å². The van der Waals surface area contributed by atoms with Gasteiger partial charge in [-0.05, 0) is 55.5 Å². The Labute approximate surface area is 163 Å². The van der Waals surface area contributed by atoms with Crippen molar-refractivity contribution in [2.45, 2.75) is 40.2 Å². The molecule has 0 unspecified atom stereocenters. The maximum Gasteiger partial charge on any atom is 0.336 e. The summed E-state index contributed by atoms with van der Waals surface area (Å²) in [7, 11) is 0. The molecule has 2 heterocycles. The Bertz CT molecular complexity index is 883. The first-order valence-electron chi connectivity index (χ1n) is 9.00. The summed E-state index contributed by atoms with van der Waals surface area (Å²) in [5.41, 5.74) is 1.62. The van der Waals surface area contributed by atoms with Gasteiger partial charge in [-0.2, -0.15) is 4.98 Å². The molecule has 0 aliphatic heterocycles.